The van der Waals surface area contributed by atoms with Crippen LogP contribution in [0.2, 0.25) is 0 Å². The predicted octanol–water partition coefficient (Wildman–Crippen LogP) is 2.58. The first kappa shape index (κ1) is 45.8. The van der Waals surface area contributed by atoms with Crippen LogP contribution in [0.15, 0.2) is 11.3 Å². The monoisotopic (exact) mass is 788 g/mol. The fourth-order valence-electron chi connectivity index (χ4n) is 9.43. The number of methoxy groups -OCH3 is 2. The van der Waals surface area contributed by atoms with Crippen LogP contribution in [0.4, 0.5) is 0 Å². The number of carbonyl (C=O) groups excluding carboxylic acids is 2. The molecule has 4 rings (SSSR count). The van der Waals surface area contributed by atoms with E-state index in [0.717, 1.165) is 5.57 Å². The van der Waals surface area contributed by atoms with Gasteiger partial charge in [0.05, 0.1) is 57.1 Å². The Hall–Kier alpha value is -1.92. The second kappa shape index (κ2) is 17.1. The number of carbonyl (C=O) groups is 2. The second-order valence-corrected chi connectivity index (χ2v) is 17.9. The van der Waals surface area contributed by atoms with Crippen LogP contribution < -0.4 is 0 Å². The minimum Gasteiger partial charge on any atom is -0.489 e. The van der Waals surface area contributed by atoms with Gasteiger partial charge in [-0.15, -0.1) is 0 Å². The molecule has 15 nitrogen and oxygen atoms in total. The van der Waals surface area contributed by atoms with Gasteiger partial charge < -0.3 is 62.8 Å². The van der Waals surface area contributed by atoms with Gasteiger partial charge in [0.15, 0.2) is 25.2 Å². The lowest BCUT2D eigenvalue weighted by Crippen LogP contribution is -2.65. The molecule has 2 bridgehead atoms. The van der Waals surface area contributed by atoms with Gasteiger partial charge in [0.2, 0.25) is 0 Å². The van der Waals surface area contributed by atoms with Crippen molar-refractivity contribution in [3.05, 3.63) is 11.3 Å². The minimum atomic E-state index is -1.86. The molecular weight excluding hydrogens is 718 g/mol. The lowest BCUT2D eigenvalue weighted by Gasteiger charge is -2.49. The molecule has 4 aliphatic rings. The van der Waals surface area contributed by atoms with Gasteiger partial charge in [0.1, 0.15) is 41.3 Å². The fourth-order valence-corrected chi connectivity index (χ4v) is 9.43. The first-order chi connectivity index (χ1) is 25.4. The average molecular weight is 789 g/mol. The SMILES string of the molecule is CC[C@H]1OC(=O)[C@H](C)[C@@H](O[C@H]2C[C@@](C)(OC)[C@@H](O)[C@H](C)O2)[C@H](C)[C@@H](O[C@@H]2O[C@H](C)C[C@H]([N+](C)(C)CC(=O)OC)[C@H]2O)[C@@]2(C)CC(C)=C(O2)[C@H](C)[C@@H](O)[C@]1(C)O. The van der Waals surface area contributed by atoms with Crippen LogP contribution >= 0.6 is 0 Å². The minimum absolute atomic E-state index is 0.0119. The molecule has 17 atom stereocenters. The molecule has 4 aliphatic heterocycles. The third-order valence-corrected chi connectivity index (χ3v) is 12.9. The second-order valence-electron chi connectivity index (χ2n) is 17.9. The van der Waals surface area contributed by atoms with Crippen molar-refractivity contribution in [3.63, 3.8) is 0 Å². The Balaban J connectivity index is 1.84. The van der Waals surface area contributed by atoms with Crippen LogP contribution in [-0.2, 0) is 47.5 Å². The Labute approximate surface area is 327 Å². The number of nitrogens with zero attached hydrogens (tertiary/aromatic N) is 1. The molecule has 0 unspecified atom stereocenters. The highest BCUT2D eigenvalue weighted by Gasteiger charge is 2.57. The number of fused-ring (bicyclic) bond motifs is 2. The molecule has 0 aromatic heterocycles. The summed E-state index contributed by atoms with van der Waals surface area (Å²) < 4.78 is 50.0. The first-order valence-corrected chi connectivity index (χ1v) is 19.8. The van der Waals surface area contributed by atoms with E-state index in [2.05, 4.69) is 0 Å². The van der Waals surface area contributed by atoms with E-state index in [4.69, 9.17) is 37.9 Å². The average Bonchev–Trinajstić information content (AvgIpc) is 3.43. The number of quaternary nitrogens is 1. The fraction of sp³-hybridized carbons (Fsp3) is 0.900. The number of aliphatic hydroxyl groups excluding tert-OH is 3. The van der Waals surface area contributed by atoms with Crippen LogP contribution in [0.1, 0.15) is 94.9 Å². The molecule has 3 saturated heterocycles. The summed E-state index contributed by atoms with van der Waals surface area (Å²) in [4.78, 5) is 26.7. The van der Waals surface area contributed by atoms with E-state index in [-0.39, 0.29) is 30.0 Å². The zero-order valence-corrected chi connectivity index (χ0v) is 35.4. The molecule has 55 heavy (non-hydrogen) atoms. The van der Waals surface area contributed by atoms with E-state index in [1.165, 1.54) is 21.1 Å². The Morgan fingerprint density at radius 2 is 1.60 bits per heavy atom. The summed E-state index contributed by atoms with van der Waals surface area (Å²) in [5.41, 5.74) is -3.21. The van der Waals surface area contributed by atoms with Gasteiger partial charge in [-0.1, -0.05) is 20.8 Å². The summed E-state index contributed by atoms with van der Waals surface area (Å²) in [5.74, 6) is -3.00. The smallest absolute Gasteiger partial charge is 0.361 e. The Morgan fingerprint density at radius 1 is 0.964 bits per heavy atom. The largest absolute Gasteiger partial charge is 0.489 e. The van der Waals surface area contributed by atoms with Crippen molar-refractivity contribution in [3.8, 4) is 0 Å². The third kappa shape index (κ3) is 9.21. The van der Waals surface area contributed by atoms with E-state index in [9.17, 15) is 30.0 Å². The maximum atomic E-state index is 14.2. The maximum absolute atomic E-state index is 14.2. The molecule has 0 radical (unpaired) electrons. The number of ether oxygens (including phenoxy) is 8. The van der Waals surface area contributed by atoms with Crippen molar-refractivity contribution in [1.29, 1.82) is 0 Å². The molecule has 0 saturated carbocycles. The van der Waals surface area contributed by atoms with Crippen molar-refractivity contribution in [2.75, 3.05) is 34.9 Å². The molecule has 4 N–H and O–H groups in total. The zero-order valence-electron chi connectivity index (χ0n) is 35.4. The molecule has 15 heteroatoms. The third-order valence-electron chi connectivity index (χ3n) is 12.9. The number of cyclic esters (lactones) is 1. The van der Waals surface area contributed by atoms with Crippen molar-refractivity contribution in [1.82, 2.24) is 0 Å². The summed E-state index contributed by atoms with van der Waals surface area (Å²) in [6.45, 7) is 17.7. The highest BCUT2D eigenvalue weighted by molar-refractivity contribution is 5.73. The van der Waals surface area contributed by atoms with Gasteiger partial charge in [-0.05, 0) is 60.5 Å². The lowest BCUT2D eigenvalue weighted by atomic mass is 9.78. The normalized spacial score (nSPS) is 46.2. The number of likely N-dealkylation sites (N-methyl/N-ethyl adjacent to an activating group) is 1. The number of rotatable bonds is 9. The lowest BCUT2D eigenvalue weighted by molar-refractivity contribution is -0.915. The summed E-state index contributed by atoms with van der Waals surface area (Å²) in [6, 6.07) is -0.481. The first-order valence-electron chi connectivity index (χ1n) is 19.8. The summed E-state index contributed by atoms with van der Waals surface area (Å²) in [6.07, 6.45) is -8.55. The maximum Gasteiger partial charge on any atom is 0.361 e. The Kier molecular flexibility index (Phi) is 14.3. The molecule has 318 valence electrons. The van der Waals surface area contributed by atoms with Crippen LogP contribution in [0.5, 0.6) is 0 Å². The van der Waals surface area contributed by atoms with E-state index in [1.54, 1.807) is 34.6 Å². The molecule has 3 fully saturated rings. The van der Waals surface area contributed by atoms with E-state index >= 15 is 0 Å². The van der Waals surface area contributed by atoms with Crippen LogP contribution in [-0.4, -0.2) is 156 Å². The summed E-state index contributed by atoms with van der Waals surface area (Å²) in [5, 5.41) is 46.5. The molecule has 0 amide bonds. The molecule has 0 aromatic rings. The van der Waals surface area contributed by atoms with Gasteiger partial charge in [-0.2, -0.15) is 0 Å². The molecule has 0 spiro atoms. The van der Waals surface area contributed by atoms with Gasteiger partial charge in [-0.25, -0.2) is 4.79 Å². The van der Waals surface area contributed by atoms with Crippen molar-refractivity contribution in [2.45, 2.75) is 179 Å². The van der Waals surface area contributed by atoms with Crippen LogP contribution in [0, 0.1) is 17.8 Å². The van der Waals surface area contributed by atoms with Crippen molar-refractivity contribution < 1.29 is 72.4 Å². The highest BCUT2D eigenvalue weighted by Crippen LogP contribution is 2.47. The molecule has 0 aliphatic carbocycles. The van der Waals surface area contributed by atoms with Gasteiger partial charge >= 0.3 is 11.9 Å². The van der Waals surface area contributed by atoms with E-state index in [1.807, 2.05) is 41.8 Å². The number of hydrogen-bond donors (Lipinski definition) is 4. The summed E-state index contributed by atoms with van der Waals surface area (Å²) >= 11 is 0. The summed E-state index contributed by atoms with van der Waals surface area (Å²) in [7, 11) is 6.53. The van der Waals surface area contributed by atoms with Crippen LogP contribution in [0.25, 0.3) is 0 Å². The topological polar surface area (TPSA) is 189 Å². The highest BCUT2D eigenvalue weighted by atomic mass is 16.7. The van der Waals surface area contributed by atoms with Crippen molar-refractivity contribution >= 4 is 11.9 Å². The molecule has 4 heterocycles. The van der Waals surface area contributed by atoms with E-state index in [0.29, 0.717) is 18.6 Å². The van der Waals surface area contributed by atoms with Gasteiger partial charge in [0, 0.05) is 38.2 Å². The van der Waals surface area contributed by atoms with Gasteiger partial charge in [0.25, 0.3) is 0 Å². The standard InChI is InChI=1S/C40H70NO14/c1-15-27-40(10,47)33(44)22(4)31-20(2)17-39(9,55-31)35(54-37-30(43)26(16-21(3)50-37)41(11,12)19-28(42)48-13)23(5)32(24(6)36(46)52-27)53-29-18-38(8,49-14)34(45)25(7)51-29/h21-27,29-30,32-35,37,43-45,47H,15-19H2,1-14H3/q+1/t21-,22+,23+,24-,25+,26+,27-,29+,30-,32+,33-,34+,35-,37+,38-,39-,40-/m1/s1. The number of esters is 2. The van der Waals surface area contributed by atoms with E-state index < -0.39 is 108 Å². The molecular formula is C40H70NO14+. The van der Waals surface area contributed by atoms with Crippen LogP contribution in [0.3, 0.4) is 0 Å². The molecule has 0 aromatic carbocycles. The van der Waals surface area contributed by atoms with Crippen molar-refractivity contribution in [2.24, 2.45) is 17.8 Å². The number of aliphatic hydroxyl groups is 4. The Morgan fingerprint density at radius 3 is 2.18 bits per heavy atom. The quantitative estimate of drug-likeness (QED) is 0.197. The van der Waals surface area contributed by atoms with Gasteiger partial charge in [-0.3, -0.25) is 4.79 Å². The Bertz CT molecular complexity index is 1390. The predicted molar refractivity (Wildman–Crippen MR) is 199 cm³/mol. The zero-order chi connectivity index (χ0) is 41.6. The number of hydrogen-bond acceptors (Lipinski definition) is 14.